The maximum Gasteiger partial charge on any atom is 0.230 e. The number of hydrogen-bond donors (Lipinski definition) is 1. The van der Waals surface area contributed by atoms with Crippen molar-refractivity contribution in [1.29, 1.82) is 0 Å². The Balaban J connectivity index is 2.78. The summed E-state index contributed by atoms with van der Waals surface area (Å²) in [5.74, 6) is -7.03. The molecule has 0 saturated heterocycles. The summed E-state index contributed by atoms with van der Waals surface area (Å²) >= 11 is -2.48. The molecule has 0 spiro atoms. The molecule has 0 bridgehead atoms. The number of unbranched alkanes of at least 4 members (excludes halogenated alkanes) is 12. The van der Waals surface area contributed by atoms with Crippen LogP contribution < -0.4 is 0 Å². The second kappa shape index (κ2) is 20.4. The van der Waals surface area contributed by atoms with Crippen LogP contribution in [0.1, 0.15) is 117 Å². The van der Waals surface area contributed by atoms with Crippen molar-refractivity contribution in [2.45, 2.75) is 126 Å². The molecule has 0 aromatic heterocycles. The van der Waals surface area contributed by atoms with E-state index in [2.05, 4.69) is 23.2 Å². The summed E-state index contributed by atoms with van der Waals surface area (Å²) < 4.78 is 74.7. The van der Waals surface area contributed by atoms with E-state index >= 15 is 0 Å². The average Bonchev–Trinajstić information content (AvgIpc) is 2.86. The molecule has 0 aliphatic heterocycles. The van der Waals surface area contributed by atoms with Crippen LogP contribution in [0.4, 0.5) is 17.6 Å². The van der Waals surface area contributed by atoms with Crippen molar-refractivity contribution in [3.8, 4) is 0 Å². The molecule has 210 valence electrons. The Kier molecular flexibility index (Phi) is 19.0. The van der Waals surface area contributed by atoms with Crippen LogP contribution in [-0.2, 0) is 20.5 Å². The van der Waals surface area contributed by atoms with Gasteiger partial charge in [-0.2, -0.15) is 8.78 Å². The highest BCUT2D eigenvalue weighted by Gasteiger charge is 2.34. The van der Waals surface area contributed by atoms with E-state index in [1.54, 1.807) is 0 Å². The molecule has 4 nitrogen and oxygen atoms in total. The van der Waals surface area contributed by atoms with Gasteiger partial charge in [0.05, 0.1) is 12.0 Å². The highest BCUT2D eigenvalue weighted by atomic mass is 32.2. The van der Waals surface area contributed by atoms with Gasteiger partial charge in [0.1, 0.15) is 10.6 Å². The van der Waals surface area contributed by atoms with Crippen LogP contribution >= 0.6 is 12.0 Å². The van der Waals surface area contributed by atoms with Crippen LogP contribution in [0, 0.1) is 29.2 Å². The first kappa shape index (κ1) is 33.5. The molecule has 0 amide bonds. The van der Waals surface area contributed by atoms with Gasteiger partial charge in [0.15, 0.2) is 11.6 Å². The van der Waals surface area contributed by atoms with Crippen molar-refractivity contribution in [3.05, 3.63) is 23.3 Å². The second-order valence-electron chi connectivity index (χ2n) is 9.34. The topological polar surface area (TPSA) is 61.8 Å². The van der Waals surface area contributed by atoms with E-state index in [-0.39, 0.29) is 23.7 Å². The lowest BCUT2D eigenvalue weighted by Crippen LogP contribution is -2.21. The standard InChI is InChI=1S/C26H42F4O4S2/c1-3-5-7-9-11-12-14-16-18-20(17-15-13-10-8-6-4-2)19-36(32)26-23(29)21(27)25(35-34-33-31)22(28)24(26)30/h20,31H,3-19H2,1-2H3. The molecule has 10 heteroatoms. The molecule has 0 heterocycles. The first-order chi connectivity index (χ1) is 17.4. The van der Waals surface area contributed by atoms with Crippen molar-refractivity contribution >= 4 is 23.2 Å². The number of benzene rings is 1. The van der Waals surface area contributed by atoms with E-state index in [4.69, 9.17) is 5.26 Å². The zero-order valence-corrected chi connectivity index (χ0v) is 23.2. The number of halogens is 4. The van der Waals surface area contributed by atoms with Crippen LogP contribution in [0.3, 0.4) is 0 Å². The van der Waals surface area contributed by atoms with Gasteiger partial charge >= 0.3 is 0 Å². The molecule has 0 aliphatic rings. The van der Waals surface area contributed by atoms with Gasteiger partial charge in [-0.25, -0.2) is 14.0 Å². The normalized spacial score (nSPS) is 13.3. The van der Waals surface area contributed by atoms with Gasteiger partial charge < -0.3 is 4.55 Å². The molecule has 1 N–H and O–H groups in total. The fourth-order valence-corrected chi connectivity index (χ4v) is 6.23. The molecule has 0 fully saturated rings. The fraction of sp³-hybridized carbons (Fsp3) is 0.769. The molecule has 1 rings (SSSR count). The smallest absolute Gasteiger partial charge is 0.230 e. The van der Waals surface area contributed by atoms with Gasteiger partial charge in [-0.1, -0.05) is 109 Å². The lowest BCUT2D eigenvalue weighted by atomic mass is 9.95. The molecule has 36 heavy (non-hydrogen) atoms. The number of rotatable bonds is 22. The van der Waals surface area contributed by atoms with Crippen molar-refractivity contribution < 1.29 is 36.7 Å². The summed E-state index contributed by atoms with van der Waals surface area (Å²) in [5.41, 5.74) is 0. The predicted molar refractivity (Wildman–Crippen MR) is 137 cm³/mol. The first-order valence-corrected chi connectivity index (χ1v) is 15.3. The molecule has 1 aromatic rings. The molecular weight excluding hydrogens is 516 g/mol. The molecule has 2 unspecified atom stereocenters. The fourth-order valence-electron chi connectivity index (χ4n) is 4.30. The Labute approximate surface area is 221 Å². The summed E-state index contributed by atoms with van der Waals surface area (Å²) in [6.45, 7) is 4.33. The summed E-state index contributed by atoms with van der Waals surface area (Å²) in [4.78, 5) is -2.26. The third kappa shape index (κ3) is 12.3. The first-order valence-electron chi connectivity index (χ1n) is 13.3. The molecule has 0 aliphatic carbocycles. The third-order valence-corrected chi connectivity index (χ3v) is 8.62. The van der Waals surface area contributed by atoms with Crippen molar-refractivity contribution in [1.82, 2.24) is 0 Å². The maximum atomic E-state index is 14.6. The highest BCUT2D eigenvalue weighted by Crippen LogP contribution is 2.35. The Morgan fingerprint density at radius 2 is 1.14 bits per heavy atom. The Bertz CT molecular complexity index is 699. The minimum absolute atomic E-state index is 0.0535. The van der Waals surface area contributed by atoms with Crippen LogP contribution in [0.15, 0.2) is 9.79 Å². The second-order valence-corrected chi connectivity index (χ2v) is 11.5. The number of hydrogen-bond acceptors (Lipinski definition) is 5. The van der Waals surface area contributed by atoms with Gasteiger partial charge in [-0.3, -0.25) is 0 Å². The zero-order chi connectivity index (χ0) is 26.8. The van der Waals surface area contributed by atoms with E-state index in [0.29, 0.717) is 0 Å². The van der Waals surface area contributed by atoms with Crippen molar-refractivity contribution in [2.75, 3.05) is 5.75 Å². The Hall–Kier alpha value is -0.520. The zero-order valence-electron chi connectivity index (χ0n) is 21.6. The third-order valence-electron chi connectivity index (χ3n) is 6.38. The van der Waals surface area contributed by atoms with Crippen molar-refractivity contribution in [3.63, 3.8) is 0 Å². The van der Waals surface area contributed by atoms with Crippen molar-refractivity contribution in [2.24, 2.45) is 5.92 Å². The van der Waals surface area contributed by atoms with Gasteiger partial charge in [0.2, 0.25) is 16.5 Å². The predicted octanol–water partition coefficient (Wildman–Crippen LogP) is 9.68. The maximum absolute atomic E-state index is 14.6. The van der Waals surface area contributed by atoms with E-state index in [0.717, 1.165) is 64.2 Å². The Morgan fingerprint density at radius 3 is 1.56 bits per heavy atom. The minimum atomic E-state index is -2.25. The lowest BCUT2D eigenvalue weighted by Gasteiger charge is -2.20. The summed E-state index contributed by atoms with van der Waals surface area (Å²) in [7, 11) is 0. The summed E-state index contributed by atoms with van der Waals surface area (Å²) in [6.07, 6.45) is 17.3. The monoisotopic (exact) mass is 558 g/mol. The largest absolute Gasteiger partial charge is 0.611 e. The summed E-state index contributed by atoms with van der Waals surface area (Å²) in [6, 6.07) is 0. The van der Waals surface area contributed by atoms with Crippen LogP contribution in [0.2, 0.25) is 0 Å². The van der Waals surface area contributed by atoms with E-state index in [1.165, 1.54) is 38.5 Å². The van der Waals surface area contributed by atoms with E-state index < -0.39 is 44.2 Å². The molecule has 1 aromatic carbocycles. The molecule has 0 radical (unpaired) electrons. The van der Waals surface area contributed by atoms with Gasteiger partial charge in [0, 0.05) is 5.92 Å². The summed E-state index contributed by atoms with van der Waals surface area (Å²) in [5, 5.41) is 11.4. The molecule has 2 atom stereocenters. The molecule has 0 saturated carbocycles. The minimum Gasteiger partial charge on any atom is -0.611 e. The van der Waals surface area contributed by atoms with Crippen LogP contribution in [-0.4, -0.2) is 15.6 Å². The average molecular weight is 559 g/mol. The lowest BCUT2D eigenvalue weighted by molar-refractivity contribution is -0.432. The van der Waals surface area contributed by atoms with Gasteiger partial charge in [-0.05, 0) is 24.0 Å². The quantitative estimate of drug-likeness (QED) is 0.0292. The molecular formula is C26H42F4O4S2. The van der Waals surface area contributed by atoms with Crippen LogP contribution in [0.5, 0.6) is 0 Å². The van der Waals surface area contributed by atoms with E-state index in [1.807, 2.05) is 0 Å². The van der Waals surface area contributed by atoms with Gasteiger partial charge in [0.25, 0.3) is 0 Å². The Morgan fingerprint density at radius 1 is 0.722 bits per heavy atom. The highest BCUT2D eigenvalue weighted by molar-refractivity contribution is 7.94. The van der Waals surface area contributed by atoms with E-state index in [9.17, 15) is 22.1 Å². The SMILES string of the molecule is CCCCCCCCCCC(CCCCCCCC)C[S+]([O-])c1c(F)c(F)c(SOOO)c(F)c1F. The van der Waals surface area contributed by atoms with Gasteiger partial charge in [-0.15, -0.1) is 4.33 Å². The van der Waals surface area contributed by atoms with Crippen LogP contribution in [0.25, 0.3) is 0 Å².